The maximum Gasteiger partial charge on any atom is 0.408 e. The number of amides is 1. The summed E-state index contributed by atoms with van der Waals surface area (Å²) in [6, 6.07) is -0.0656. The van der Waals surface area contributed by atoms with Crippen LogP contribution in [0.25, 0.3) is 0 Å². The van der Waals surface area contributed by atoms with Crippen molar-refractivity contribution in [2.75, 3.05) is 6.61 Å². The van der Waals surface area contributed by atoms with E-state index in [4.69, 9.17) is 9.16 Å². The molecule has 1 fully saturated rings. The molecule has 0 radical (unpaired) electrons. The van der Waals surface area contributed by atoms with Crippen molar-refractivity contribution in [3.63, 3.8) is 0 Å². The number of hydrogen-bond acceptors (Lipinski definition) is 3. The van der Waals surface area contributed by atoms with Gasteiger partial charge in [0.2, 0.25) is 0 Å². The molecule has 1 unspecified atom stereocenters. The molecule has 100 valence electrons. The Kier molecular flexibility index (Phi) is 3.65. The Labute approximate surface area is 105 Å². The molecule has 1 aliphatic rings. The van der Waals surface area contributed by atoms with E-state index >= 15 is 0 Å². The number of hydrogen-bond donors (Lipinski definition) is 1. The lowest BCUT2D eigenvalue weighted by Crippen LogP contribution is -2.48. The molecule has 1 saturated heterocycles. The van der Waals surface area contributed by atoms with E-state index in [1.807, 2.05) is 13.8 Å². The Hall–Kier alpha value is -0.553. The molecule has 1 rings (SSSR count). The SMILES string of the molecule is CC1(C)OC(=O)NC1CO[Si](C)(C)C(C)(C)C. The molecule has 1 heterocycles. The summed E-state index contributed by atoms with van der Waals surface area (Å²) >= 11 is 0. The summed E-state index contributed by atoms with van der Waals surface area (Å²) in [4.78, 5) is 11.2. The molecule has 0 saturated carbocycles. The third-order valence-electron chi connectivity index (χ3n) is 3.90. The molecular weight excluding hydrogens is 234 g/mol. The van der Waals surface area contributed by atoms with Crippen molar-refractivity contribution in [2.45, 2.75) is 64.4 Å². The lowest BCUT2D eigenvalue weighted by atomic mass is 10.0. The second-order valence-corrected chi connectivity index (χ2v) is 11.6. The third-order valence-corrected chi connectivity index (χ3v) is 8.40. The zero-order valence-electron chi connectivity index (χ0n) is 12.0. The van der Waals surface area contributed by atoms with E-state index < -0.39 is 13.9 Å². The smallest absolute Gasteiger partial charge is 0.408 e. The van der Waals surface area contributed by atoms with Crippen molar-refractivity contribution in [1.82, 2.24) is 5.32 Å². The van der Waals surface area contributed by atoms with Gasteiger partial charge in [-0.2, -0.15) is 0 Å². The number of carbonyl (C=O) groups excluding carboxylic acids is 1. The summed E-state index contributed by atoms with van der Waals surface area (Å²) in [6.07, 6.45) is -0.348. The van der Waals surface area contributed by atoms with Crippen LogP contribution in [0.15, 0.2) is 0 Å². The summed E-state index contributed by atoms with van der Waals surface area (Å²) in [6.45, 7) is 15.4. The Morgan fingerprint density at radius 1 is 1.41 bits per heavy atom. The Morgan fingerprint density at radius 2 is 1.94 bits per heavy atom. The van der Waals surface area contributed by atoms with Gasteiger partial charge in [0.05, 0.1) is 12.6 Å². The first kappa shape index (κ1) is 14.5. The fraction of sp³-hybridized carbons (Fsp3) is 0.917. The maximum atomic E-state index is 11.2. The summed E-state index contributed by atoms with van der Waals surface area (Å²) in [5.41, 5.74) is -0.487. The highest BCUT2D eigenvalue weighted by molar-refractivity contribution is 6.74. The summed E-state index contributed by atoms with van der Waals surface area (Å²) in [5.74, 6) is 0. The van der Waals surface area contributed by atoms with Crippen LogP contribution in [0.4, 0.5) is 4.79 Å². The van der Waals surface area contributed by atoms with Crippen molar-refractivity contribution in [3.8, 4) is 0 Å². The second kappa shape index (κ2) is 4.28. The van der Waals surface area contributed by atoms with E-state index in [-0.39, 0.29) is 17.2 Å². The predicted octanol–water partition coefficient (Wildman–Crippen LogP) is 2.90. The monoisotopic (exact) mass is 259 g/mol. The van der Waals surface area contributed by atoms with E-state index in [0.717, 1.165) is 0 Å². The van der Waals surface area contributed by atoms with Gasteiger partial charge in [0.1, 0.15) is 5.60 Å². The first-order chi connectivity index (χ1) is 7.46. The number of ether oxygens (including phenoxy) is 1. The molecule has 0 aromatic carbocycles. The molecule has 0 aromatic heterocycles. The predicted molar refractivity (Wildman–Crippen MR) is 70.6 cm³/mol. The van der Waals surface area contributed by atoms with Crippen LogP contribution < -0.4 is 5.32 Å². The highest BCUT2D eigenvalue weighted by atomic mass is 28.4. The standard InChI is InChI=1S/C12H25NO3Si/c1-11(2,3)17(6,7)15-8-9-12(4,5)16-10(14)13-9/h9H,8H2,1-7H3,(H,13,14). The molecular formula is C12H25NO3Si. The van der Waals surface area contributed by atoms with Crippen molar-refractivity contribution in [3.05, 3.63) is 0 Å². The lowest BCUT2D eigenvalue weighted by molar-refractivity contribution is 0.0551. The van der Waals surface area contributed by atoms with Crippen LogP contribution in [0, 0.1) is 0 Å². The van der Waals surface area contributed by atoms with Crippen LogP contribution in [-0.2, 0) is 9.16 Å². The molecule has 0 bridgehead atoms. The van der Waals surface area contributed by atoms with E-state index in [9.17, 15) is 4.79 Å². The zero-order chi connectivity index (χ0) is 13.5. The van der Waals surface area contributed by atoms with Gasteiger partial charge < -0.3 is 14.5 Å². The van der Waals surface area contributed by atoms with Gasteiger partial charge in [-0.25, -0.2) is 4.79 Å². The fourth-order valence-corrected chi connectivity index (χ4v) is 2.42. The molecule has 0 aromatic rings. The van der Waals surface area contributed by atoms with E-state index in [0.29, 0.717) is 6.61 Å². The van der Waals surface area contributed by atoms with Crippen molar-refractivity contribution in [1.29, 1.82) is 0 Å². The van der Waals surface area contributed by atoms with Crippen LogP contribution >= 0.6 is 0 Å². The van der Waals surface area contributed by atoms with Crippen LogP contribution in [0.5, 0.6) is 0 Å². The molecule has 1 atom stereocenters. The molecule has 0 aliphatic carbocycles. The summed E-state index contributed by atoms with van der Waals surface area (Å²) in [7, 11) is -1.76. The van der Waals surface area contributed by atoms with Gasteiger partial charge in [-0.3, -0.25) is 0 Å². The van der Waals surface area contributed by atoms with E-state index in [1.54, 1.807) is 0 Å². The largest absolute Gasteiger partial charge is 0.441 e. The first-order valence-corrected chi connectivity index (χ1v) is 9.00. The number of cyclic esters (lactones) is 1. The van der Waals surface area contributed by atoms with Crippen LogP contribution in [-0.4, -0.2) is 32.7 Å². The second-order valence-electron chi connectivity index (χ2n) is 6.76. The third kappa shape index (κ3) is 3.22. The number of carbonyl (C=O) groups is 1. The van der Waals surface area contributed by atoms with Gasteiger partial charge in [0, 0.05) is 0 Å². The molecule has 1 N–H and O–H groups in total. The minimum Gasteiger partial charge on any atom is -0.441 e. The van der Waals surface area contributed by atoms with Crippen LogP contribution in [0.3, 0.4) is 0 Å². The number of nitrogens with one attached hydrogen (secondary N) is 1. The molecule has 1 aliphatic heterocycles. The molecule has 1 amide bonds. The van der Waals surface area contributed by atoms with Gasteiger partial charge in [0.25, 0.3) is 0 Å². The van der Waals surface area contributed by atoms with Crippen molar-refractivity contribution < 1.29 is 14.0 Å². The van der Waals surface area contributed by atoms with Gasteiger partial charge in [0.15, 0.2) is 8.32 Å². The summed E-state index contributed by atoms with van der Waals surface area (Å²) < 4.78 is 11.3. The highest BCUT2D eigenvalue weighted by Crippen LogP contribution is 2.37. The Bertz CT molecular complexity index is 307. The van der Waals surface area contributed by atoms with Crippen LogP contribution in [0.2, 0.25) is 18.1 Å². The average molecular weight is 259 g/mol. The highest BCUT2D eigenvalue weighted by Gasteiger charge is 2.44. The minimum atomic E-state index is -1.76. The average Bonchev–Trinajstić information content (AvgIpc) is 2.33. The Balaban J connectivity index is 2.60. The van der Waals surface area contributed by atoms with Gasteiger partial charge in [-0.05, 0) is 32.0 Å². The van der Waals surface area contributed by atoms with Gasteiger partial charge in [-0.15, -0.1) is 0 Å². The number of rotatable bonds is 3. The lowest BCUT2D eigenvalue weighted by Gasteiger charge is -2.37. The first-order valence-electron chi connectivity index (χ1n) is 6.09. The van der Waals surface area contributed by atoms with E-state index in [1.165, 1.54) is 0 Å². The summed E-state index contributed by atoms with van der Waals surface area (Å²) in [5, 5.41) is 2.99. The zero-order valence-corrected chi connectivity index (χ0v) is 13.0. The molecule has 17 heavy (non-hydrogen) atoms. The fourth-order valence-electron chi connectivity index (χ4n) is 1.41. The van der Waals surface area contributed by atoms with Crippen molar-refractivity contribution >= 4 is 14.4 Å². The molecule has 5 heteroatoms. The minimum absolute atomic E-state index is 0.0656. The maximum absolute atomic E-state index is 11.2. The normalized spacial score (nSPS) is 24.4. The molecule has 4 nitrogen and oxygen atoms in total. The van der Waals surface area contributed by atoms with Gasteiger partial charge >= 0.3 is 6.09 Å². The molecule has 0 spiro atoms. The van der Waals surface area contributed by atoms with E-state index in [2.05, 4.69) is 39.2 Å². The Morgan fingerprint density at radius 3 is 2.29 bits per heavy atom. The quantitative estimate of drug-likeness (QED) is 0.793. The van der Waals surface area contributed by atoms with Gasteiger partial charge in [-0.1, -0.05) is 20.8 Å². The topological polar surface area (TPSA) is 47.6 Å². The van der Waals surface area contributed by atoms with Crippen molar-refractivity contribution in [2.24, 2.45) is 0 Å². The van der Waals surface area contributed by atoms with Crippen LogP contribution in [0.1, 0.15) is 34.6 Å². The number of alkyl carbamates (subject to hydrolysis) is 1.